The summed E-state index contributed by atoms with van der Waals surface area (Å²) >= 11 is 0. The van der Waals surface area contributed by atoms with E-state index in [1.165, 1.54) is 0 Å². The van der Waals surface area contributed by atoms with Gasteiger partial charge in [-0.05, 0) is 26.2 Å². The highest BCUT2D eigenvalue weighted by atomic mass is 16.2. The van der Waals surface area contributed by atoms with Crippen molar-refractivity contribution in [2.45, 2.75) is 0 Å². The Labute approximate surface area is 145 Å². The zero-order chi connectivity index (χ0) is 17.8. The van der Waals surface area contributed by atoms with Crippen LogP contribution >= 0.6 is 0 Å². The van der Waals surface area contributed by atoms with Gasteiger partial charge in [0, 0.05) is 35.8 Å². The topological polar surface area (TPSA) is 112 Å². The number of carbonyl (C=O) groups excluding carboxylic acids is 1. The lowest BCUT2D eigenvalue weighted by Crippen LogP contribution is -2.29. The predicted molar refractivity (Wildman–Crippen MR) is 98.0 cm³/mol. The van der Waals surface area contributed by atoms with Crippen molar-refractivity contribution >= 4 is 22.6 Å². The van der Waals surface area contributed by atoms with Gasteiger partial charge in [0.15, 0.2) is 0 Å². The van der Waals surface area contributed by atoms with Crippen LogP contribution in [0.15, 0.2) is 36.8 Å². The molecule has 0 aliphatic rings. The van der Waals surface area contributed by atoms with Crippen LogP contribution in [0.5, 0.6) is 0 Å². The molecule has 0 spiro atoms. The van der Waals surface area contributed by atoms with Crippen LogP contribution in [0.4, 0.5) is 5.82 Å². The molecular formula is C17H21N7O. The van der Waals surface area contributed by atoms with Crippen LogP contribution in [-0.4, -0.2) is 52.9 Å². The lowest BCUT2D eigenvalue weighted by molar-refractivity contribution is 0.0955. The molecule has 0 unspecified atom stereocenters. The molecule has 0 atom stereocenters. The third-order valence-corrected chi connectivity index (χ3v) is 3.85. The Kier molecular flexibility index (Phi) is 4.92. The van der Waals surface area contributed by atoms with Gasteiger partial charge in [0.25, 0.3) is 5.91 Å². The number of hydrogen-bond donors (Lipinski definition) is 4. The number of H-pyrrole nitrogens is 1. The molecule has 0 aliphatic heterocycles. The number of amides is 1. The lowest BCUT2D eigenvalue weighted by atomic mass is 10.1. The number of hydrogen-bond acceptors (Lipinski definition) is 6. The number of nitrogen functional groups attached to an aromatic ring is 1. The second-order valence-electron chi connectivity index (χ2n) is 5.96. The first-order valence-corrected chi connectivity index (χ1v) is 7.91. The molecule has 2 aromatic heterocycles. The molecule has 130 valence electrons. The number of anilines is 1. The second-order valence-corrected chi connectivity index (χ2v) is 5.96. The average Bonchev–Trinajstić information content (AvgIpc) is 3.04. The van der Waals surface area contributed by atoms with E-state index in [2.05, 4.69) is 30.6 Å². The summed E-state index contributed by atoms with van der Waals surface area (Å²) in [7, 11) is 4.04. The highest BCUT2D eigenvalue weighted by Gasteiger charge is 2.12. The predicted octanol–water partition coefficient (Wildman–Crippen LogP) is 1.20. The summed E-state index contributed by atoms with van der Waals surface area (Å²) < 4.78 is 0. The molecule has 0 fully saturated rings. The fraction of sp³-hybridized carbons (Fsp3) is 0.235. The zero-order valence-corrected chi connectivity index (χ0v) is 14.2. The monoisotopic (exact) mass is 339 g/mol. The van der Waals surface area contributed by atoms with Gasteiger partial charge in [-0.2, -0.15) is 0 Å². The number of aromatic amines is 1. The Balaban J connectivity index is 1.89. The minimum absolute atomic E-state index is 0.339. The summed E-state index contributed by atoms with van der Waals surface area (Å²) in [5.74, 6) is 5.62. The summed E-state index contributed by atoms with van der Waals surface area (Å²) in [6.45, 7) is 1.68. The molecule has 8 nitrogen and oxygen atoms in total. The second kappa shape index (κ2) is 7.29. The molecule has 1 aromatic carbocycles. The zero-order valence-electron chi connectivity index (χ0n) is 14.2. The van der Waals surface area contributed by atoms with E-state index in [1.54, 1.807) is 18.6 Å². The average molecular weight is 339 g/mol. The van der Waals surface area contributed by atoms with Gasteiger partial charge in [0.1, 0.15) is 5.82 Å². The third-order valence-electron chi connectivity index (χ3n) is 3.85. The van der Waals surface area contributed by atoms with Crippen LogP contribution in [0.3, 0.4) is 0 Å². The van der Waals surface area contributed by atoms with E-state index < -0.39 is 0 Å². The maximum absolute atomic E-state index is 11.9. The van der Waals surface area contributed by atoms with E-state index in [9.17, 15) is 4.79 Å². The van der Waals surface area contributed by atoms with Crippen molar-refractivity contribution in [3.8, 4) is 11.3 Å². The minimum Gasteiger partial charge on any atom is -0.367 e. The Morgan fingerprint density at radius 2 is 2.16 bits per heavy atom. The van der Waals surface area contributed by atoms with Gasteiger partial charge in [-0.3, -0.25) is 15.2 Å². The van der Waals surface area contributed by atoms with E-state index in [1.807, 2.05) is 32.3 Å². The van der Waals surface area contributed by atoms with Crippen molar-refractivity contribution in [2.75, 3.05) is 32.5 Å². The first-order chi connectivity index (χ1) is 12.1. The number of carbonyl (C=O) groups is 1. The SMILES string of the molecule is CN(C)CCNc1cncc(-c2ccc3[nH]cc(C(=O)NN)c3c2)n1. The van der Waals surface area contributed by atoms with Crippen LogP contribution in [0.1, 0.15) is 10.4 Å². The molecule has 8 heteroatoms. The molecular weight excluding hydrogens is 318 g/mol. The summed E-state index contributed by atoms with van der Waals surface area (Å²) in [5, 5.41) is 4.04. The van der Waals surface area contributed by atoms with Gasteiger partial charge in [-0.15, -0.1) is 0 Å². The largest absolute Gasteiger partial charge is 0.367 e. The van der Waals surface area contributed by atoms with E-state index in [0.717, 1.165) is 35.2 Å². The molecule has 5 N–H and O–H groups in total. The van der Waals surface area contributed by atoms with Crippen LogP contribution in [-0.2, 0) is 0 Å². The molecule has 3 aromatic rings. The van der Waals surface area contributed by atoms with Crippen molar-refractivity contribution in [2.24, 2.45) is 5.84 Å². The van der Waals surface area contributed by atoms with E-state index in [0.29, 0.717) is 11.4 Å². The minimum atomic E-state index is -0.339. The summed E-state index contributed by atoms with van der Waals surface area (Å²) in [6.07, 6.45) is 5.04. The number of benzene rings is 1. The first kappa shape index (κ1) is 16.9. The van der Waals surface area contributed by atoms with Crippen molar-refractivity contribution in [1.82, 2.24) is 25.3 Å². The Morgan fingerprint density at radius 3 is 2.92 bits per heavy atom. The quantitative estimate of drug-likeness (QED) is 0.305. The van der Waals surface area contributed by atoms with Crippen LogP contribution in [0, 0.1) is 0 Å². The van der Waals surface area contributed by atoms with E-state index >= 15 is 0 Å². The van der Waals surface area contributed by atoms with E-state index in [4.69, 9.17) is 5.84 Å². The molecule has 3 rings (SSSR count). The summed E-state index contributed by atoms with van der Waals surface area (Å²) in [4.78, 5) is 25.9. The van der Waals surface area contributed by atoms with Gasteiger partial charge in [-0.25, -0.2) is 10.8 Å². The molecule has 0 bridgehead atoms. The van der Waals surface area contributed by atoms with Crippen molar-refractivity contribution in [3.63, 3.8) is 0 Å². The third kappa shape index (κ3) is 3.76. The number of nitrogens with zero attached hydrogens (tertiary/aromatic N) is 3. The first-order valence-electron chi connectivity index (χ1n) is 7.91. The number of nitrogens with one attached hydrogen (secondary N) is 3. The fourth-order valence-corrected chi connectivity index (χ4v) is 2.54. The normalized spacial score (nSPS) is 11.0. The molecule has 0 radical (unpaired) electrons. The number of fused-ring (bicyclic) bond motifs is 1. The molecule has 0 aliphatic carbocycles. The number of hydrazine groups is 1. The molecule has 0 saturated carbocycles. The summed E-state index contributed by atoms with van der Waals surface area (Å²) in [6, 6.07) is 5.76. The van der Waals surface area contributed by atoms with Gasteiger partial charge < -0.3 is 15.2 Å². The molecule has 2 heterocycles. The number of likely N-dealkylation sites (N-methyl/N-ethyl adjacent to an activating group) is 1. The Bertz CT molecular complexity index is 888. The molecule has 25 heavy (non-hydrogen) atoms. The maximum Gasteiger partial charge on any atom is 0.267 e. The molecule has 0 saturated heterocycles. The van der Waals surface area contributed by atoms with E-state index in [-0.39, 0.29) is 5.91 Å². The highest BCUT2D eigenvalue weighted by molar-refractivity contribution is 6.07. The van der Waals surface area contributed by atoms with Gasteiger partial charge >= 0.3 is 0 Å². The van der Waals surface area contributed by atoms with Crippen LogP contribution < -0.4 is 16.6 Å². The lowest BCUT2D eigenvalue weighted by Gasteiger charge is -2.11. The molecule has 1 amide bonds. The Morgan fingerprint density at radius 1 is 1.32 bits per heavy atom. The number of rotatable bonds is 6. The highest BCUT2D eigenvalue weighted by Crippen LogP contribution is 2.25. The van der Waals surface area contributed by atoms with Gasteiger partial charge in [-0.1, -0.05) is 6.07 Å². The maximum atomic E-state index is 11.9. The fourth-order valence-electron chi connectivity index (χ4n) is 2.54. The summed E-state index contributed by atoms with van der Waals surface area (Å²) in [5.41, 5.74) is 5.12. The van der Waals surface area contributed by atoms with Crippen molar-refractivity contribution in [1.29, 1.82) is 0 Å². The van der Waals surface area contributed by atoms with Crippen molar-refractivity contribution in [3.05, 3.63) is 42.4 Å². The number of aromatic nitrogens is 3. The standard InChI is InChI=1S/C17H21N7O/c1-24(2)6-5-20-16-10-19-9-15(22-16)11-3-4-14-12(7-11)13(8-21-14)17(25)23-18/h3-4,7-10,21H,5-6,18H2,1-2H3,(H,20,22)(H,23,25). The smallest absolute Gasteiger partial charge is 0.267 e. The van der Waals surface area contributed by atoms with Gasteiger partial charge in [0.2, 0.25) is 0 Å². The Hall–Kier alpha value is -2.97. The number of nitrogens with two attached hydrogens (primary N) is 1. The van der Waals surface area contributed by atoms with Crippen molar-refractivity contribution < 1.29 is 4.79 Å². The van der Waals surface area contributed by atoms with Gasteiger partial charge in [0.05, 0.1) is 23.7 Å². The van der Waals surface area contributed by atoms with Crippen LogP contribution in [0.25, 0.3) is 22.2 Å². The van der Waals surface area contributed by atoms with Crippen LogP contribution in [0.2, 0.25) is 0 Å².